The van der Waals surface area contributed by atoms with E-state index in [4.69, 9.17) is 11.6 Å². The average Bonchev–Trinajstić information content (AvgIpc) is 2.68. The van der Waals surface area contributed by atoms with E-state index in [2.05, 4.69) is 25.9 Å². The third-order valence-corrected chi connectivity index (χ3v) is 4.42. The van der Waals surface area contributed by atoms with Crippen molar-refractivity contribution in [2.45, 2.75) is 13.3 Å². The molecule has 1 aliphatic rings. The van der Waals surface area contributed by atoms with Gasteiger partial charge in [0.05, 0.1) is 6.20 Å². The predicted molar refractivity (Wildman–Crippen MR) is 78.3 cm³/mol. The molecule has 0 spiro atoms. The molecule has 0 bridgehead atoms. The molecule has 19 heavy (non-hydrogen) atoms. The number of amides is 1. The number of hydrogen-bond donors (Lipinski definition) is 0. The minimum atomic E-state index is -0.00789. The molecule has 2 rings (SSSR count). The van der Waals surface area contributed by atoms with Crippen LogP contribution in [0.1, 0.15) is 13.3 Å². The molecule has 0 aliphatic carbocycles. The van der Waals surface area contributed by atoms with Crippen molar-refractivity contribution in [2.24, 2.45) is 5.92 Å². The van der Waals surface area contributed by atoms with Crippen molar-refractivity contribution in [2.75, 3.05) is 17.2 Å². The van der Waals surface area contributed by atoms with Crippen molar-refractivity contribution in [3.8, 4) is 0 Å². The molecular formula is C11H11BrClN3O2S. The third kappa shape index (κ3) is 3.67. The molecule has 1 aromatic heterocycles. The molecule has 0 N–H and O–H groups in total. The van der Waals surface area contributed by atoms with Gasteiger partial charge < -0.3 is 0 Å². The van der Waals surface area contributed by atoms with Crippen molar-refractivity contribution < 1.29 is 9.59 Å². The molecular weight excluding hydrogens is 354 g/mol. The average molecular weight is 365 g/mol. The molecule has 0 radical (unpaired) electrons. The van der Waals surface area contributed by atoms with Gasteiger partial charge in [-0.15, -0.1) is 0 Å². The fourth-order valence-corrected chi connectivity index (χ4v) is 3.29. The number of carbonyl (C=O) groups excluding carboxylic acids is 2. The summed E-state index contributed by atoms with van der Waals surface area (Å²) < 4.78 is 0.452. The van der Waals surface area contributed by atoms with Gasteiger partial charge in [-0.3, -0.25) is 14.5 Å². The molecule has 0 aromatic carbocycles. The maximum atomic E-state index is 12.0. The topological polar surface area (TPSA) is 63.2 Å². The lowest BCUT2D eigenvalue weighted by Crippen LogP contribution is -2.26. The summed E-state index contributed by atoms with van der Waals surface area (Å²) in [7, 11) is 0. The third-order valence-electron chi connectivity index (χ3n) is 2.67. The van der Waals surface area contributed by atoms with Gasteiger partial charge in [-0.1, -0.05) is 23.4 Å². The second-order valence-electron chi connectivity index (χ2n) is 4.18. The van der Waals surface area contributed by atoms with Crippen LogP contribution in [0.15, 0.2) is 10.8 Å². The molecule has 1 amide bonds. The van der Waals surface area contributed by atoms with Gasteiger partial charge in [-0.25, -0.2) is 9.97 Å². The number of thioether (sulfide) groups is 1. The van der Waals surface area contributed by atoms with Gasteiger partial charge in [0.2, 0.25) is 5.91 Å². The lowest BCUT2D eigenvalue weighted by atomic mass is 10.1. The maximum Gasteiger partial charge on any atom is 0.228 e. The Morgan fingerprint density at radius 1 is 1.68 bits per heavy atom. The van der Waals surface area contributed by atoms with Gasteiger partial charge >= 0.3 is 0 Å². The predicted octanol–water partition coefficient (Wildman–Crippen LogP) is 2.53. The molecule has 8 heteroatoms. The van der Waals surface area contributed by atoms with E-state index in [1.54, 1.807) is 4.90 Å². The maximum absolute atomic E-state index is 12.0. The Bertz CT molecular complexity index is 529. The summed E-state index contributed by atoms with van der Waals surface area (Å²) in [4.78, 5) is 32.7. The molecule has 1 fully saturated rings. The molecule has 0 saturated carbocycles. The number of carbonyl (C=O) groups is 2. The van der Waals surface area contributed by atoms with Gasteiger partial charge in [0.25, 0.3) is 0 Å². The van der Waals surface area contributed by atoms with Crippen LogP contribution in [-0.4, -0.2) is 33.3 Å². The number of aromatic nitrogens is 2. The summed E-state index contributed by atoms with van der Waals surface area (Å²) in [6, 6.07) is 0. The summed E-state index contributed by atoms with van der Waals surface area (Å²) in [5, 5.41) is 0.337. The Balaban J connectivity index is 2.09. The zero-order valence-electron chi connectivity index (χ0n) is 10.1. The van der Waals surface area contributed by atoms with Gasteiger partial charge in [0.1, 0.15) is 5.15 Å². The van der Waals surface area contributed by atoms with Gasteiger partial charge in [-0.05, 0) is 21.8 Å². The molecule has 1 atom stereocenters. The van der Waals surface area contributed by atoms with Crippen LogP contribution in [0, 0.1) is 5.92 Å². The fourth-order valence-electron chi connectivity index (χ4n) is 1.85. The van der Waals surface area contributed by atoms with Crippen LogP contribution >= 0.6 is 39.3 Å². The van der Waals surface area contributed by atoms with E-state index in [0.717, 1.165) is 0 Å². The molecule has 1 unspecified atom stereocenters. The first-order chi connectivity index (χ1) is 8.97. The number of halogens is 2. The van der Waals surface area contributed by atoms with E-state index in [-0.39, 0.29) is 22.1 Å². The van der Waals surface area contributed by atoms with Crippen LogP contribution in [0.4, 0.5) is 5.82 Å². The highest BCUT2D eigenvalue weighted by atomic mass is 79.9. The number of hydrogen-bond acceptors (Lipinski definition) is 5. The van der Waals surface area contributed by atoms with Gasteiger partial charge in [0, 0.05) is 25.6 Å². The largest absolute Gasteiger partial charge is 0.294 e. The van der Waals surface area contributed by atoms with Crippen molar-refractivity contribution in [1.29, 1.82) is 0 Å². The lowest BCUT2D eigenvalue weighted by molar-refractivity contribution is -0.117. The van der Waals surface area contributed by atoms with Crippen molar-refractivity contribution in [3.05, 3.63) is 16.0 Å². The van der Waals surface area contributed by atoms with Crippen LogP contribution in [0.2, 0.25) is 5.15 Å². The van der Waals surface area contributed by atoms with Crippen LogP contribution < -0.4 is 4.90 Å². The summed E-state index contributed by atoms with van der Waals surface area (Å²) >= 11 is 10.2. The monoisotopic (exact) mass is 363 g/mol. The summed E-state index contributed by atoms with van der Waals surface area (Å²) in [5.74, 6) is 1.28. The molecule has 1 aromatic rings. The number of anilines is 1. The molecule has 102 valence electrons. The van der Waals surface area contributed by atoms with E-state index in [1.807, 2.05) is 0 Å². The molecule has 1 aliphatic heterocycles. The fraction of sp³-hybridized carbons (Fsp3) is 0.455. The Morgan fingerprint density at radius 3 is 3.05 bits per heavy atom. The van der Waals surface area contributed by atoms with Crippen LogP contribution in [-0.2, 0) is 9.59 Å². The lowest BCUT2D eigenvalue weighted by Gasteiger charge is -2.16. The number of rotatable bonds is 3. The number of nitrogens with zero attached hydrogens (tertiary/aromatic N) is 3. The van der Waals surface area contributed by atoms with E-state index in [1.165, 1.54) is 24.9 Å². The van der Waals surface area contributed by atoms with Crippen LogP contribution in [0.25, 0.3) is 0 Å². The zero-order chi connectivity index (χ0) is 14.0. The molecule has 5 nitrogen and oxygen atoms in total. The summed E-state index contributed by atoms with van der Waals surface area (Å²) in [5.41, 5.74) is 0. The first-order valence-electron chi connectivity index (χ1n) is 5.59. The van der Waals surface area contributed by atoms with Crippen LogP contribution in [0.3, 0.4) is 0 Å². The van der Waals surface area contributed by atoms with E-state index < -0.39 is 0 Å². The standard InChI is InChI=1S/C11H11BrClN3O2S/c1-6(17)19-5-7-2-9(18)16(4-7)11-10(12)15-8(13)3-14-11/h3,7H,2,4-5H2,1H3. The zero-order valence-corrected chi connectivity index (χ0v) is 13.3. The van der Waals surface area contributed by atoms with Crippen molar-refractivity contribution in [3.63, 3.8) is 0 Å². The van der Waals surface area contributed by atoms with Gasteiger partial charge in [-0.2, -0.15) is 0 Å². The first-order valence-corrected chi connectivity index (χ1v) is 7.75. The van der Waals surface area contributed by atoms with E-state index in [9.17, 15) is 9.59 Å². The Kier molecular flexibility index (Phi) is 4.81. The first kappa shape index (κ1) is 14.7. The Morgan fingerprint density at radius 2 is 2.42 bits per heavy atom. The smallest absolute Gasteiger partial charge is 0.228 e. The second kappa shape index (κ2) is 6.19. The van der Waals surface area contributed by atoms with Gasteiger partial charge in [0.15, 0.2) is 15.5 Å². The normalized spacial score (nSPS) is 19.0. The SMILES string of the molecule is CC(=O)SCC1CC(=O)N(c2ncc(Cl)nc2Br)C1. The molecule has 1 saturated heterocycles. The highest BCUT2D eigenvalue weighted by Crippen LogP contribution is 2.30. The van der Waals surface area contributed by atoms with Crippen molar-refractivity contribution in [1.82, 2.24) is 9.97 Å². The highest BCUT2D eigenvalue weighted by Gasteiger charge is 2.32. The van der Waals surface area contributed by atoms with E-state index >= 15 is 0 Å². The van der Waals surface area contributed by atoms with Crippen molar-refractivity contribution >= 4 is 56.1 Å². The Hall–Kier alpha value is -0.660. The minimum Gasteiger partial charge on any atom is -0.294 e. The second-order valence-corrected chi connectivity index (χ2v) is 6.52. The van der Waals surface area contributed by atoms with Crippen LogP contribution in [0.5, 0.6) is 0 Å². The quantitative estimate of drug-likeness (QED) is 0.824. The summed E-state index contributed by atoms with van der Waals surface area (Å²) in [6.45, 7) is 2.08. The summed E-state index contributed by atoms with van der Waals surface area (Å²) in [6.07, 6.45) is 1.84. The van der Waals surface area contributed by atoms with E-state index in [0.29, 0.717) is 29.1 Å². The molecule has 2 heterocycles. The minimum absolute atomic E-state index is 0.00789. The Labute approximate surface area is 128 Å². The highest BCUT2D eigenvalue weighted by molar-refractivity contribution is 9.10.